The summed E-state index contributed by atoms with van der Waals surface area (Å²) in [5.74, 6) is 1.12. The molecule has 3 aromatic rings. The van der Waals surface area contributed by atoms with E-state index in [1.807, 2.05) is 18.2 Å². The molecule has 1 atom stereocenters. The molecular weight excluding hydrogens is 386 g/mol. The Morgan fingerprint density at radius 3 is 2.77 bits per heavy atom. The molecule has 0 spiro atoms. The summed E-state index contributed by atoms with van der Waals surface area (Å²) in [7, 11) is 0. The minimum Gasteiger partial charge on any atom is -0.491 e. The SMILES string of the molecule is O=C(c1ccc2c3c(cccc13)CC2)[C@H]1CCCN(Cc2cccc(OCCO)c2)C1. The van der Waals surface area contributed by atoms with Gasteiger partial charge in [-0.25, -0.2) is 0 Å². The fourth-order valence-electron chi connectivity index (χ4n) is 5.25. The largest absolute Gasteiger partial charge is 0.491 e. The van der Waals surface area contributed by atoms with Gasteiger partial charge in [0.05, 0.1) is 6.61 Å². The first-order chi connectivity index (χ1) is 15.2. The zero-order chi connectivity index (χ0) is 21.2. The quantitative estimate of drug-likeness (QED) is 0.581. The number of rotatable bonds is 7. The third kappa shape index (κ3) is 4.10. The lowest BCUT2D eigenvalue weighted by molar-refractivity contribution is 0.0813. The van der Waals surface area contributed by atoms with Crippen molar-refractivity contribution in [1.82, 2.24) is 4.90 Å². The third-order valence-corrected chi connectivity index (χ3v) is 6.68. The van der Waals surface area contributed by atoms with Gasteiger partial charge in [-0.1, -0.05) is 42.5 Å². The van der Waals surface area contributed by atoms with Crippen molar-refractivity contribution in [2.45, 2.75) is 32.2 Å². The van der Waals surface area contributed by atoms with Crippen LogP contribution in [0.25, 0.3) is 10.8 Å². The molecule has 2 aliphatic rings. The van der Waals surface area contributed by atoms with E-state index >= 15 is 0 Å². The van der Waals surface area contributed by atoms with Gasteiger partial charge in [-0.15, -0.1) is 0 Å². The number of aliphatic hydroxyl groups excluding tert-OH is 1. The lowest BCUT2D eigenvalue weighted by Gasteiger charge is -2.32. The Bertz CT molecular complexity index is 1100. The van der Waals surface area contributed by atoms with E-state index in [-0.39, 0.29) is 12.5 Å². The highest BCUT2D eigenvalue weighted by molar-refractivity contribution is 6.11. The summed E-state index contributed by atoms with van der Waals surface area (Å²) in [5, 5.41) is 11.4. The zero-order valence-electron chi connectivity index (χ0n) is 17.8. The summed E-state index contributed by atoms with van der Waals surface area (Å²) in [6.07, 6.45) is 4.17. The zero-order valence-corrected chi connectivity index (χ0v) is 17.8. The Balaban J connectivity index is 1.32. The Labute approximate surface area is 183 Å². The van der Waals surface area contributed by atoms with Crippen LogP contribution in [0.4, 0.5) is 0 Å². The van der Waals surface area contributed by atoms with E-state index < -0.39 is 0 Å². The number of carbonyl (C=O) groups excluding carboxylic acids is 1. The van der Waals surface area contributed by atoms with E-state index in [0.717, 1.165) is 62.0 Å². The smallest absolute Gasteiger partial charge is 0.167 e. The number of benzene rings is 3. The first kappa shape index (κ1) is 20.2. The number of hydrogen-bond donors (Lipinski definition) is 1. The normalized spacial score (nSPS) is 18.4. The van der Waals surface area contributed by atoms with Gasteiger partial charge >= 0.3 is 0 Å². The topological polar surface area (TPSA) is 49.8 Å². The first-order valence-corrected chi connectivity index (χ1v) is 11.4. The van der Waals surface area contributed by atoms with Gasteiger partial charge in [0.1, 0.15) is 12.4 Å². The lowest BCUT2D eigenvalue weighted by atomic mass is 9.87. The van der Waals surface area contributed by atoms with Gasteiger partial charge in [0.25, 0.3) is 0 Å². The van der Waals surface area contributed by atoms with E-state index in [0.29, 0.717) is 12.4 Å². The van der Waals surface area contributed by atoms with Crippen LogP contribution in [-0.2, 0) is 19.4 Å². The van der Waals surface area contributed by atoms with Gasteiger partial charge in [-0.3, -0.25) is 9.69 Å². The molecule has 0 saturated carbocycles. The van der Waals surface area contributed by atoms with Crippen molar-refractivity contribution in [2.75, 3.05) is 26.3 Å². The molecule has 4 heteroatoms. The lowest BCUT2D eigenvalue weighted by Crippen LogP contribution is -2.38. The van der Waals surface area contributed by atoms with Crippen molar-refractivity contribution in [3.8, 4) is 5.75 Å². The second-order valence-electron chi connectivity index (χ2n) is 8.77. The van der Waals surface area contributed by atoms with Gasteiger partial charge in [-0.2, -0.15) is 0 Å². The molecule has 0 aromatic heterocycles. The number of Topliss-reactive ketones (excluding diaryl/α,β-unsaturated/α-hetero) is 1. The van der Waals surface area contributed by atoms with Crippen LogP contribution in [0.2, 0.25) is 0 Å². The molecule has 1 fully saturated rings. The molecule has 1 N–H and O–H groups in total. The van der Waals surface area contributed by atoms with Crippen LogP contribution in [0.15, 0.2) is 54.6 Å². The Hall–Kier alpha value is -2.69. The highest BCUT2D eigenvalue weighted by Gasteiger charge is 2.28. The maximum Gasteiger partial charge on any atom is 0.167 e. The predicted molar refractivity (Wildman–Crippen MR) is 123 cm³/mol. The molecule has 1 aliphatic heterocycles. The molecular formula is C27H29NO3. The maximum atomic E-state index is 13.6. The van der Waals surface area contributed by atoms with Crippen molar-refractivity contribution in [1.29, 1.82) is 0 Å². The number of ether oxygens (including phenoxy) is 1. The standard InChI is InChI=1S/C27H29NO3/c29-14-15-31-23-7-1-4-19(16-23)17-28-13-3-6-22(18-28)27(30)25-12-11-21-10-9-20-5-2-8-24(25)26(20)21/h1-2,4-5,7-8,11-12,16,22,29H,3,6,9-10,13-15,17-18H2/t22-/m0/s1. The second-order valence-corrected chi connectivity index (χ2v) is 8.77. The summed E-state index contributed by atoms with van der Waals surface area (Å²) in [4.78, 5) is 15.9. The van der Waals surface area contributed by atoms with E-state index in [1.165, 1.54) is 22.1 Å². The predicted octanol–water partition coefficient (Wildman–Crippen LogP) is 4.40. The number of likely N-dealkylation sites (tertiary alicyclic amines) is 1. The molecule has 5 rings (SSSR count). The summed E-state index contributed by atoms with van der Waals surface area (Å²) in [6, 6.07) is 18.7. The summed E-state index contributed by atoms with van der Waals surface area (Å²) in [6.45, 7) is 2.93. The van der Waals surface area contributed by atoms with Crippen molar-refractivity contribution in [2.24, 2.45) is 5.92 Å². The van der Waals surface area contributed by atoms with Gasteiger partial charge in [-0.05, 0) is 71.8 Å². The van der Waals surface area contributed by atoms with Crippen molar-refractivity contribution in [3.63, 3.8) is 0 Å². The Kier molecular flexibility index (Phi) is 5.75. The number of aliphatic hydroxyl groups is 1. The summed E-state index contributed by atoms with van der Waals surface area (Å²) >= 11 is 0. The second kappa shape index (κ2) is 8.81. The first-order valence-electron chi connectivity index (χ1n) is 11.4. The Morgan fingerprint density at radius 1 is 1.06 bits per heavy atom. The number of ketones is 1. The van der Waals surface area contributed by atoms with E-state index in [4.69, 9.17) is 9.84 Å². The molecule has 160 valence electrons. The van der Waals surface area contributed by atoms with Crippen LogP contribution in [0.1, 0.15) is 39.9 Å². The monoisotopic (exact) mass is 415 g/mol. The number of aryl methyl sites for hydroxylation is 2. The minimum atomic E-state index is 0.0112. The van der Waals surface area contributed by atoms with Crippen LogP contribution in [-0.4, -0.2) is 42.1 Å². The van der Waals surface area contributed by atoms with E-state index in [9.17, 15) is 4.79 Å². The summed E-state index contributed by atoms with van der Waals surface area (Å²) in [5.41, 5.74) is 4.84. The van der Waals surface area contributed by atoms with Crippen molar-refractivity contribution >= 4 is 16.6 Å². The van der Waals surface area contributed by atoms with Gasteiger partial charge in [0.15, 0.2) is 5.78 Å². The van der Waals surface area contributed by atoms with Gasteiger partial charge in [0.2, 0.25) is 0 Å². The van der Waals surface area contributed by atoms with E-state index in [1.54, 1.807) is 0 Å². The van der Waals surface area contributed by atoms with E-state index in [2.05, 4.69) is 41.3 Å². The van der Waals surface area contributed by atoms with Crippen molar-refractivity contribution in [3.05, 3.63) is 76.9 Å². The molecule has 0 amide bonds. The number of nitrogens with zero attached hydrogens (tertiary/aromatic N) is 1. The minimum absolute atomic E-state index is 0.0112. The molecule has 1 heterocycles. The summed E-state index contributed by atoms with van der Waals surface area (Å²) < 4.78 is 5.54. The Morgan fingerprint density at radius 2 is 1.90 bits per heavy atom. The number of piperidine rings is 1. The highest BCUT2D eigenvalue weighted by atomic mass is 16.5. The highest BCUT2D eigenvalue weighted by Crippen LogP contribution is 2.34. The van der Waals surface area contributed by atoms with Crippen LogP contribution in [0, 0.1) is 5.92 Å². The average Bonchev–Trinajstić information content (AvgIpc) is 3.23. The van der Waals surface area contributed by atoms with Crippen molar-refractivity contribution < 1.29 is 14.6 Å². The maximum absolute atomic E-state index is 13.6. The molecule has 31 heavy (non-hydrogen) atoms. The third-order valence-electron chi connectivity index (χ3n) is 6.68. The van der Waals surface area contributed by atoms with Crippen LogP contribution in [0.5, 0.6) is 5.75 Å². The molecule has 1 aliphatic carbocycles. The molecule has 0 bridgehead atoms. The molecule has 3 aromatic carbocycles. The number of carbonyl (C=O) groups is 1. The fraction of sp³-hybridized carbons (Fsp3) is 0.370. The van der Waals surface area contributed by atoms with Gasteiger partial charge < -0.3 is 9.84 Å². The fourth-order valence-corrected chi connectivity index (χ4v) is 5.25. The molecule has 4 nitrogen and oxygen atoms in total. The van der Waals surface area contributed by atoms with Crippen LogP contribution in [0.3, 0.4) is 0 Å². The van der Waals surface area contributed by atoms with Gasteiger partial charge in [0, 0.05) is 24.6 Å². The van der Waals surface area contributed by atoms with Crippen LogP contribution >= 0.6 is 0 Å². The molecule has 0 radical (unpaired) electrons. The van der Waals surface area contributed by atoms with Crippen LogP contribution < -0.4 is 4.74 Å². The average molecular weight is 416 g/mol. The number of hydrogen-bond acceptors (Lipinski definition) is 4. The molecule has 0 unspecified atom stereocenters. The molecule has 1 saturated heterocycles.